The van der Waals surface area contributed by atoms with Gasteiger partial charge in [-0.15, -0.1) is 11.8 Å². The summed E-state index contributed by atoms with van der Waals surface area (Å²) in [6.45, 7) is 3.67. The Hall–Kier alpha value is -0.740. The lowest BCUT2D eigenvalue weighted by atomic mass is 10.1. The highest BCUT2D eigenvalue weighted by molar-refractivity contribution is 7.99. The molecule has 0 amide bonds. The lowest BCUT2D eigenvalue weighted by Gasteiger charge is -2.15. The van der Waals surface area contributed by atoms with Crippen LogP contribution in [-0.2, 0) is 10.5 Å². The molecule has 17 heavy (non-hydrogen) atoms. The Morgan fingerprint density at radius 2 is 2.18 bits per heavy atom. The van der Waals surface area contributed by atoms with E-state index in [0.717, 1.165) is 0 Å². The number of carboxylic acids is 1. The minimum atomic E-state index is -0.868. The van der Waals surface area contributed by atoms with Crippen molar-refractivity contribution >= 4 is 29.3 Å². The first-order valence-electron chi connectivity index (χ1n) is 5.20. The summed E-state index contributed by atoms with van der Waals surface area (Å²) < 4.78 is 13.6. The summed E-state index contributed by atoms with van der Waals surface area (Å²) in [6, 6.07) is 4.75. The molecular weight excluding hydrogens is 263 g/mol. The first-order valence-corrected chi connectivity index (χ1v) is 6.63. The molecule has 5 heteroatoms. The van der Waals surface area contributed by atoms with Crippen LogP contribution in [0.2, 0.25) is 5.02 Å². The normalized spacial score (nSPS) is 12.8. The maximum absolute atomic E-state index is 13.6. The van der Waals surface area contributed by atoms with Crippen molar-refractivity contribution in [3.05, 3.63) is 34.6 Å². The SMILES string of the molecule is CC(C)C(SCc1cccc(Cl)c1F)C(=O)O. The van der Waals surface area contributed by atoms with Crippen molar-refractivity contribution in [2.75, 3.05) is 0 Å². The van der Waals surface area contributed by atoms with Gasteiger partial charge in [-0.1, -0.05) is 37.6 Å². The van der Waals surface area contributed by atoms with E-state index in [4.69, 9.17) is 16.7 Å². The van der Waals surface area contributed by atoms with Crippen molar-refractivity contribution in [3.8, 4) is 0 Å². The summed E-state index contributed by atoms with van der Waals surface area (Å²) in [5, 5.41) is 8.54. The van der Waals surface area contributed by atoms with Crippen LogP contribution < -0.4 is 0 Å². The van der Waals surface area contributed by atoms with Gasteiger partial charge in [-0.25, -0.2) is 4.39 Å². The van der Waals surface area contributed by atoms with Crippen molar-refractivity contribution in [1.29, 1.82) is 0 Å². The summed E-state index contributed by atoms with van der Waals surface area (Å²) in [5.41, 5.74) is 0.439. The molecule has 1 rings (SSSR count). The van der Waals surface area contributed by atoms with Crippen molar-refractivity contribution in [3.63, 3.8) is 0 Å². The number of hydrogen-bond donors (Lipinski definition) is 1. The largest absolute Gasteiger partial charge is 0.480 e. The molecule has 0 spiro atoms. The van der Waals surface area contributed by atoms with Gasteiger partial charge in [0.05, 0.1) is 5.02 Å². The van der Waals surface area contributed by atoms with E-state index in [-0.39, 0.29) is 10.9 Å². The Balaban J connectivity index is 2.72. The topological polar surface area (TPSA) is 37.3 Å². The number of thioether (sulfide) groups is 1. The van der Waals surface area contributed by atoms with Crippen LogP contribution in [0, 0.1) is 11.7 Å². The maximum atomic E-state index is 13.6. The molecule has 0 saturated heterocycles. The van der Waals surface area contributed by atoms with E-state index >= 15 is 0 Å². The van der Waals surface area contributed by atoms with Gasteiger partial charge in [0.2, 0.25) is 0 Å². The molecule has 0 aliphatic carbocycles. The molecule has 1 unspecified atom stereocenters. The van der Waals surface area contributed by atoms with E-state index in [1.807, 2.05) is 13.8 Å². The molecule has 1 aromatic rings. The van der Waals surface area contributed by atoms with Crippen molar-refractivity contribution < 1.29 is 14.3 Å². The first kappa shape index (κ1) is 14.3. The molecule has 0 bridgehead atoms. The molecule has 1 N–H and O–H groups in total. The molecule has 1 aromatic carbocycles. The van der Waals surface area contributed by atoms with E-state index in [9.17, 15) is 9.18 Å². The minimum absolute atomic E-state index is 0.000236. The third kappa shape index (κ3) is 3.89. The van der Waals surface area contributed by atoms with Gasteiger partial charge in [0, 0.05) is 5.75 Å². The van der Waals surface area contributed by atoms with Crippen molar-refractivity contribution in [1.82, 2.24) is 0 Å². The number of benzene rings is 1. The molecule has 0 fully saturated rings. The highest BCUT2D eigenvalue weighted by Gasteiger charge is 2.22. The number of aliphatic carboxylic acids is 1. The minimum Gasteiger partial charge on any atom is -0.480 e. The van der Waals surface area contributed by atoms with Crippen molar-refractivity contribution in [2.24, 2.45) is 5.92 Å². The smallest absolute Gasteiger partial charge is 0.316 e. The van der Waals surface area contributed by atoms with Crippen LogP contribution in [0.4, 0.5) is 4.39 Å². The maximum Gasteiger partial charge on any atom is 0.316 e. The van der Waals surface area contributed by atoms with Crippen LogP contribution in [0.15, 0.2) is 18.2 Å². The Labute approximate surface area is 109 Å². The quantitative estimate of drug-likeness (QED) is 0.888. The molecule has 1 atom stereocenters. The Kier molecular flexibility index (Phi) is 5.28. The number of halogens is 2. The third-order valence-electron chi connectivity index (χ3n) is 2.30. The van der Waals surface area contributed by atoms with E-state index < -0.39 is 17.0 Å². The van der Waals surface area contributed by atoms with Gasteiger partial charge < -0.3 is 5.11 Å². The van der Waals surface area contributed by atoms with E-state index in [0.29, 0.717) is 11.3 Å². The molecule has 0 aliphatic rings. The van der Waals surface area contributed by atoms with Crippen LogP contribution in [0.1, 0.15) is 19.4 Å². The highest BCUT2D eigenvalue weighted by Crippen LogP contribution is 2.27. The van der Waals surface area contributed by atoms with Crippen LogP contribution >= 0.6 is 23.4 Å². The average Bonchev–Trinajstić information content (AvgIpc) is 2.23. The lowest BCUT2D eigenvalue weighted by molar-refractivity contribution is -0.137. The Morgan fingerprint density at radius 1 is 1.53 bits per heavy atom. The average molecular weight is 277 g/mol. The molecule has 0 radical (unpaired) electrons. The number of carboxylic acid groups (broad SMARTS) is 1. The van der Waals surface area contributed by atoms with Gasteiger partial charge in [0.15, 0.2) is 0 Å². The first-order chi connectivity index (χ1) is 7.93. The van der Waals surface area contributed by atoms with Gasteiger partial charge in [0.1, 0.15) is 11.1 Å². The fraction of sp³-hybridized carbons (Fsp3) is 0.417. The summed E-state index contributed by atoms with van der Waals surface area (Å²) in [5.74, 6) is -1.02. The molecule has 0 aromatic heterocycles. The number of hydrogen-bond acceptors (Lipinski definition) is 2. The fourth-order valence-electron chi connectivity index (χ4n) is 1.39. The number of rotatable bonds is 5. The second-order valence-electron chi connectivity index (χ2n) is 4.03. The predicted molar refractivity (Wildman–Crippen MR) is 69.0 cm³/mol. The van der Waals surface area contributed by atoms with Crippen LogP contribution in [0.5, 0.6) is 0 Å². The molecule has 0 saturated carbocycles. The van der Waals surface area contributed by atoms with E-state index in [1.165, 1.54) is 17.8 Å². The van der Waals surface area contributed by atoms with Crippen LogP contribution in [0.3, 0.4) is 0 Å². The second-order valence-corrected chi connectivity index (χ2v) is 5.56. The summed E-state index contributed by atoms with van der Waals surface area (Å²) >= 11 is 6.87. The van der Waals surface area contributed by atoms with Crippen LogP contribution in [-0.4, -0.2) is 16.3 Å². The predicted octanol–water partition coefficient (Wildman–Crippen LogP) is 3.82. The molecular formula is C12H14ClFO2S. The van der Waals surface area contributed by atoms with Crippen molar-refractivity contribution in [2.45, 2.75) is 24.9 Å². The van der Waals surface area contributed by atoms with Gasteiger partial charge in [-0.2, -0.15) is 0 Å². The fourth-order valence-corrected chi connectivity index (χ4v) is 2.69. The standard InChI is InChI=1S/C12H14ClFO2S/c1-7(2)11(12(15)16)17-6-8-4-3-5-9(13)10(8)14/h3-5,7,11H,6H2,1-2H3,(H,15,16). The Morgan fingerprint density at radius 3 is 2.71 bits per heavy atom. The van der Waals surface area contributed by atoms with Gasteiger partial charge >= 0.3 is 5.97 Å². The molecule has 0 aliphatic heterocycles. The zero-order valence-corrected chi connectivity index (χ0v) is 11.2. The molecule has 0 heterocycles. The summed E-state index contributed by atoms with van der Waals surface area (Å²) in [4.78, 5) is 11.0. The Bertz CT molecular complexity index is 409. The number of carbonyl (C=O) groups is 1. The van der Waals surface area contributed by atoms with E-state index in [2.05, 4.69) is 0 Å². The van der Waals surface area contributed by atoms with E-state index in [1.54, 1.807) is 12.1 Å². The summed E-state index contributed by atoms with van der Waals surface area (Å²) in [7, 11) is 0. The third-order valence-corrected chi connectivity index (χ3v) is 4.17. The zero-order valence-electron chi connectivity index (χ0n) is 9.61. The van der Waals surface area contributed by atoms with Gasteiger partial charge in [0.25, 0.3) is 0 Å². The lowest BCUT2D eigenvalue weighted by Crippen LogP contribution is -2.22. The van der Waals surface area contributed by atoms with Gasteiger partial charge in [-0.05, 0) is 17.5 Å². The van der Waals surface area contributed by atoms with Gasteiger partial charge in [-0.3, -0.25) is 4.79 Å². The zero-order chi connectivity index (χ0) is 13.0. The molecule has 2 nitrogen and oxygen atoms in total. The summed E-state index contributed by atoms with van der Waals surface area (Å²) in [6.07, 6.45) is 0. The molecule has 94 valence electrons. The monoisotopic (exact) mass is 276 g/mol. The second kappa shape index (κ2) is 6.26. The van der Waals surface area contributed by atoms with Crippen LogP contribution in [0.25, 0.3) is 0 Å². The highest BCUT2D eigenvalue weighted by atomic mass is 35.5.